The summed E-state index contributed by atoms with van der Waals surface area (Å²) in [5.74, 6) is -1.42. The molecule has 0 N–H and O–H groups in total. The third-order valence-electron chi connectivity index (χ3n) is 9.92. The van der Waals surface area contributed by atoms with Gasteiger partial charge in [0.05, 0.1) is 32.0 Å². The summed E-state index contributed by atoms with van der Waals surface area (Å²) >= 11 is 0. The second-order valence-corrected chi connectivity index (χ2v) is 12.9. The molecule has 0 radical (unpaired) electrons. The number of carbonyl (C=O) groups is 2. The van der Waals surface area contributed by atoms with Crippen molar-refractivity contribution in [2.24, 2.45) is 22.7 Å². The Kier molecular flexibility index (Phi) is 6.72. The van der Waals surface area contributed by atoms with E-state index in [0.717, 1.165) is 24.0 Å². The summed E-state index contributed by atoms with van der Waals surface area (Å²) in [4.78, 5) is 26.1. The fourth-order valence-electron chi connectivity index (χ4n) is 8.37. The number of ketones is 1. The van der Waals surface area contributed by atoms with Gasteiger partial charge in [-0.1, -0.05) is 20.8 Å². The zero-order valence-corrected chi connectivity index (χ0v) is 23.7. The highest BCUT2D eigenvalue weighted by Gasteiger charge is 2.73. The minimum Gasteiger partial charge on any atom is -0.454 e. The lowest BCUT2D eigenvalue weighted by atomic mass is 9.46. The van der Waals surface area contributed by atoms with E-state index in [-0.39, 0.29) is 48.0 Å². The van der Waals surface area contributed by atoms with Crippen molar-refractivity contribution in [2.45, 2.75) is 110 Å². The van der Waals surface area contributed by atoms with Crippen LogP contribution in [-0.2, 0) is 38.0 Å². The number of Topliss-reactive ketones (excluding diaryl/α,β-unsaturated/α-hetero) is 1. The molecule has 2 heterocycles. The molecule has 0 aromatic heterocycles. The van der Waals surface area contributed by atoms with Crippen LogP contribution in [0.25, 0.3) is 0 Å². The smallest absolute Gasteiger partial charge is 0.303 e. The Bertz CT molecular complexity index is 984. The monoisotopic (exact) mass is 520 g/mol. The van der Waals surface area contributed by atoms with E-state index in [4.69, 9.17) is 28.4 Å². The fourth-order valence-corrected chi connectivity index (χ4v) is 8.37. The molecule has 4 fully saturated rings. The van der Waals surface area contributed by atoms with E-state index in [0.29, 0.717) is 32.8 Å². The minimum absolute atomic E-state index is 0.118. The second kappa shape index (κ2) is 9.12. The van der Waals surface area contributed by atoms with Gasteiger partial charge in [0.2, 0.25) is 0 Å². The summed E-state index contributed by atoms with van der Waals surface area (Å²) in [5.41, 5.74) is 0.101. The van der Waals surface area contributed by atoms with Gasteiger partial charge in [-0.15, -0.1) is 0 Å². The predicted molar refractivity (Wildman–Crippen MR) is 135 cm³/mol. The van der Waals surface area contributed by atoms with E-state index in [9.17, 15) is 9.59 Å². The van der Waals surface area contributed by atoms with Gasteiger partial charge in [-0.2, -0.15) is 0 Å². The van der Waals surface area contributed by atoms with Gasteiger partial charge in [0.1, 0.15) is 12.2 Å². The average molecular weight is 521 g/mol. The van der Waals surface area contributed by atoms with E-state index in [1.54, 1.807) is 0 Å². The number of rotatable bonds is 6. The molecule has 0 unspecified atom stereocenters. The first-order chi connectivity index (χ1) is 17.3. The maximum Gasteiger partial charge on any atom is 0.303 e. The van der Waals surface area contributed by atoms with Crippen molar-refractivity contribution in [3.63, 3.8) is 0 Å². The van der Waals surface area contributed by atoms with Crippen molar-refractivity contribution >= 4 is 11.8 Å². The van der Waals surface area contributed by atoms with Crippen LogP contribution in [0.2, 0.25) is 0 Å². The summed E-state index contributed by atoms with van der Waals surface area (Å²) in [6.45, 7) is 17.6. The molecule has 8 nitrogen and oxygen atoms in total. The third-order valence-corrected chi connectivity index (χ3v) is 9.92. The lowest BCUT2D eigenvalue weighted by molar-refractivity contribution is -0.338. The zero-order chi connectivity index (χ0) is 27.0. The Balaban J connectivity index is 1.72. The van der Waals surface area contributed by atoms with Crippen LogP contribution in [0.5, 0.6) is 0 Å². The van der Waals surface area contributed by atoms with E-state index >= 15 is 0 Å². The van der Waals surface area contributed by atoms with Gasteiger partial charge in [-0.3, -0.25) is 9.59 Å². The van der Waals surface area contributed by atoms with Crippen LogP contribution in [0, 0.1) is 22.7 Å². The summed E-state index contributed by atoms with van der Waals surface area (Å²) in [7, 11) is 0. The molecule has 2 saturated carbocycles. The molecule has 2 aliphatic heterocycles. The fraction of sp³-hybridized carbons (Fsp3) is 0.862. The number of hydrogen-bond donors (Lipinski definition) is 0. The van der Waals surface area contributed by atoms with Gasteiger partial charge >= 0.3 is 5.97 Å². The van der Waals surface area contributed by atoms with Gasteiger partial charge in [-0.05, 0) is 57.1 Å². The zero-order valence-electron chi connectivity index (χ0n) is 23.7. The Morgan fingerprint density at radius 1 is 1.11 bits per heavy atom. The van der Waals surface area contributed by atoms with Crippen LogP contribution in [0.4, 0.5) is 0 Å². The lowest BCUT2D eigenvalue weighted by Gasteiger charge is -2.66. The number of esters is 1. The highest BCUT2D eigenvalue weighted by Crippen LogP contribution is 2.65. The molecule has 2 saturated heterocycles. The Morgan fingerprint density at radius 3 is 2.46 bits per heavy atom. The van der Waals surface area contributed by atoms with Gasteiger partial charge in [0.25, 0.3) is 0 Å². The van der Waals surface area contributed by atoms with Gasteiger partial charge < -0.3 is 28.4 Å². The van der Waals surface area contributed by atoms with Crippen LogP contribution < -0.4 is 0 Å². The summed E-state index contributed by atoms with van der Waals surface area (Å²) in [6, 6.07) is 0. The number of hydrogen-bond acceptors (Lipinski definition) is 8. The van der Waals surface area contributed by atoms with Crippen molar-refractivity contribution in [3.05, 3.63) is 11.1 Å². The quantitative estimate of drug-likeness (QED) is 0.384. The lowest BCUT2D eigenvalue weighted by Crippen LogP contribution is -2.76. The third kappa shape index (κ3) is 4.05. The van der Waals surface area contributed by atoms with Crippen molar-refractivity contribution in [2.75, 3.05) is 26.4 Å². The Labute approximate surface area is 220 Å². The molecule has 8 atom stereocenters. The summed E-state index contributed by atoms with van der Waals surface area (Å²) in [6.07, 6.45) is 0.648. The molecule has 208 valence electrons. The molecule has 37 heavy (non-hydrogen) atoms. The molecule has 0 amide bonds. The van der Waals surface area contributed by atoms with E-state index in [2.05, 4.69) is 20.8 Å². The van der Waals surface area contributed by atoms with Gasteiger partial charge in [0.15, 0.2) is 17.2 Å². The van der Waals surface area contributed by atoms with E-state index in [1.807, 2.05) is 27.7 Å². The van der Waals surface area contributed by atoms with Crippen molar-refractivity contribution in [1.82, 2.24) is 0 Å². The van der Waals surface area contributed by atoms with Crippen LogP contribution in [0.3, 0.4) is 0 Å². The van der Waals surface area contributed by atoms with Gasteiger partial charge in [-0.25, -0.2) is 0 Å². The maximum atomic E-state index is 13.5. The average Bonchev–Trinajstić information content (AvgIpc) is 3.10. The molecular formula is C29H44O8. The van der Waals surface area contributed by atoms with Crippen LogP contribution in [0.15, 0.2) is 11.1 Å². The largest absolute Gasteiger partial charge is 0.454 e. The van der Waals surface area contributed by atoms with Crippen molar-refractivity contribution < 1.29 is 38.0 Å². The first-order valence-electron chi connectivity index (χ1n) is 13.9. The molecule has 3 aliphatic carbocycles. The second-order valence-electron chi connectivity index (χ2n) is 12.9. The summed E-state index contributed by atoms with van der Waals surface area (Å²) < 4.78 is 38.1. The topological polar surface area (TPSA) is 89.5 Å². The van der Waals surface area contributed by atoms with Gasteiger partial charge in [0, 0.05) is 37.2 Å². The van der Waals surface area contributed by atoms with Crippen molar-refractivity contribution in [3.8, 4) is 0 Å². The molecule has 0 spiro atoms. The Morgan fingerprint density at radius 2 is 1.84 bits per heavy atom. The van der Waals surface area contributed by atoms with E-state index in [1.165, 1.54) is 6.92 Å². The first kappa shape index (κ1) is 27.3. The first-order valence-corrected chi connectivity index (χ1v) is 13.9. The number of allylic oxidation sites excluding steroid dienone is 1. The maximum absolute atomic E-state index is 13.5. The molecule has 8 heteroatoms. The number of ether oxygens (including phenoxy) is 6. The number of carbonyl (C=O) groups excluding carboxylic acids is 2. The summed E-state index contributed by atoms with van der Waals surface area (Å²) in [5, 5.41) is 0. The highest BCUT2D eigenvalue weighted by molar-refractivity contribution is 5.97. The highest BCUT2D eigenvalue weighted by atomic mass is 16.8. The molecular weight excluding hydrogens is 476 g/mol. The molecule has 5 aliphatic rings. The van der Waals surface area contributed by atoms with Crippen LogP contribution >= 0.6 is 0 Å². The number of fused-ring (bicyclic) bond motifs is 8. The predicted octanol–water partition coefficient (Wildman–Crippen LogP) is 3.99. The van der Waals surface area contributed by atoms with E-state index < -0.39 is 22.2 Å². The normalized spacial score (nSPS) is 43.6. The SMILES string of the molecule is CCOCCO[C@@H]1[C@@H]2CC(=O)C(C)=C([C@H]3OC(C)(C)O[C@@H]3[C@]3(C)CC[C@H]4OC[C@@]4(OC(C)=O)[C@@H]13)C2(C)C. The Hall–Kier alpha value is -1.32. The molecule has 2 bridgehead atoms. The molecule has 0 aromatic rings. The van der Waals surface area contributed by atoms with Crippen molar-refractivity contribution in [1.29, 1.82) is 0 Å². The standard InChI is InChI=1S/C29H44O8/c1-9-32-12-13-33-22-18-14-19(31)16(2)21(26(18,4)5)23-25(37-27(6,7)36-23)28(8)11-10-20-29(15-34-20,24(22)28)35-17(3)30/h18,20,22-25H,9-15H2,1-8H3/t18-,20+,22+,23+,24-,25-,28+,29-/m0/s1. The molecule has 0 aromatic carbocycles. The minimum atomic E-state index is -0.845. The molecule has 5 rings (SSSR count). The van der Waals surface area contributed by atoms with Crippen LogP contribution in [-0.4, -0.2) is 74.0 Å². The van der Waals surface area contributed by atoms with Crippen LogP contribution in [0.1, 0.15) is 74.7 Å².